The Kier molecular flexibility index (Phi) is 15.6. The van der Waals surface area contributed by atoms with Crippen molar-refractivity contribution in [3.63, 3.8) is 0 Å². The van der Waals surface area contributed by atoms with Crippen molar-refractivity contribution in [3.05, 3.63) is 35.4 Å². The number of hydrogen-bond donors (Lipinski definition) is 2. The highest BCUT2D eigenvalue weighted by molar-refractivity contribution is 7.99. The van der Waals surface area contributed by atoms with Crippen LogP contribution in [0.2, 0.25) is 0 Å². The van der Waals surface area contributed by atoms with Gasteiger partial charge in [-0.25, -0.2) is 4.68 Å². The van der Waals surface area contributed by atoms with E-state index in [2.05, 4.69) is 28.5 Å². The van der Waals surface area contributed by atoms with Gasteiger partial charge in [0.2, 0.25) is 5.16 Å². The van der Waals surface area contributed by atoms with Gasteiger partial charge in [-0.05, 0) is 40.8 Å². The third-order valence-corrected chi connectivity index (χ3v) is 7.78. The van der Waals surface area contributed by atoms with Crippen molar-refractivity contribution in [1.82, 2.24) is 20.2 Å². The number of thioether (sulfide) groups is 1. The summed E-state index contributed by atoms with van der Waals surface area (Å²) in [5.41, 5.74) is 2.19. The van der Waals surface area contributed by atoms with E-state index in [4.69, 9.17) is 5.11 Å². The van der Waals surface area contributed by atoms with Crippen LogP contribution in [0.5, 0.6) is 0 Å². The number of aryl methyl sites for hydroxylation is 2. The zero-order chi connectivity index (χ0) is 26.7. The SMILES string of the molecule is CCCCCCCCCCCCCCc1ccccc1C(CC(=O)O)Sc1nnnn1CCCC(=O)O. The van der Waals surface area contributed by atoms with E-state index in [1.54, 1.807) is 4.68 Å². The molecule has 0 aliphatic carbocycles. The molecule has 206 valence electrons. The molecule has 0 fully saturated rings. The molecular formula is C28H44N4O4S. The monoisotopic (exact) mass is 532 g/mol. The number of carbonyl (C=O) groups is 2. The minimum Gasteiger partial charge on any atom is -0.481 e. The number of carboxylic acid groups (broad SMARTS) is 2. The molecule has 2 N–H and O–H groups in total. The van der Waals surface area contributed by atoms with E-state index in [0.717, 1.165) is 18.4 Å². The Morgan fingerprint density at radius 3 is 2.11 bits per heavy atom. The van der Waals surface area contributed by atoms with Crippen molar-refractivity contribution in [1.29, 1.82) is 0 Å². The summed E-state index contributed by atoms with van der Waals surface area (Å²) in [5.74, 6) is -1.74. The molecular weight excluding hydrogens is 488 g/mol. The number of aliphatic carboxylic acids is 2. The largest absolute Gasteiger partial charge is 0.481 e. The molecule has 0 amide bonds. The summed E-state index contributed by atoms with van der Waals surface area (Å²) in [4.78, 5) is 22.5. The normalized spacial score (nSPS) is 12.0. The first kappa shape index (κ1) is 30.8. The van der Waals surface area contributed by atoms with E-state index in [0.29, 0.717) is 18.1 Å². The Bertz CT molecular complexity index is 921. The van der Waals surface area contributed by atoms with E-state index in [1.165, 1.54) is 88.0 Å². The van der Waals surface area contributed by atoms with Crippen molar-refractivity contribution < 1.29 is 19.8 Å². The molecule has 8 nitrogen and oxygen atoms in total. The van der Waals surface area contributed by atoms with Crippen LogP contribution in [0.1, 0.15) is 120 Å². The standard InChI is InChI=1S/C28H44N4O4S/c1-2-3-4-5-6-7-8-9-10-11-12-13-17-23-18-14-15-19-24(23)25(22-27(35)36)37-28-29-30-31-32(28)21-16-20-26(33)34/h14-15,18-19,25H,2-13,16-17,20-22H2,1H3,(H,33,34)(H,35,36). The van der Waals surface area contributed by atoms with Crippen LogP contribution in [0.4, 0.5) is 0 Å². The Balaban J connectivity index is 1.84. The molecule has 2 rings (SSSR count). The molecule has 0 radical (unpaired) electrons. The predicted molar refractivity (Wildman–Crippen MR) is 147 cm³/mol. The van der Waals surface area contributed by atoms with Gasteiger partial charge in [-0.1, -0.05) is 114 Å². The number of nitrogens with zero attached hydrogens (tertiary/aromatic N) is 4. The zero-order valence-corrected chi connectivity index (χ0v) is 23.1. The van der Waals surface area contributed by atoms with E-state index >= 15 is 0 Å². The third-order valence-electron chi connectivity index (χ3n) is 6.57. The van der Waals surface area contributed by atoms with Crippen LogP contribution in [-0.4, -0.2) is 42.4 Å². The molecule has 37 heavy (non-hydrogen) atoms. The summed E-state index contributed by atoms with van der Waals surface area (Å²) in [7, 11) is 0. The quantitative estimate of drug-likeness (QED) is 0.122. The first-order valence-electron chi connectivity index (χ1n) is 14.0. The fraction of sp³-hybridized carbons (Fsp3) is 0.679. The fourth-order valence-electron chi connectivity index (χ4n) is 4.53. The number of unbranched alkanes of at least 4 members (excludes halogenated alkanes) is 11. The van der Waals surface area contributed by atoms with Crippen LogP contribution in [0.25, 0.3) is 0 Å². The van der Waals surface area contributed by atoms with Crippen LogP contribution in [0.15, 0.2) is 29.4 Å². The van der Waals surface area contributed by atoms with E-state index in [9.17, 15) is 14.7 Å². The van der Waals surface area contributed by atoms with E-state index < -0.39 is 11.9 Å². The Morgan fingerprint density at radius 2 is 1.49 bits per heavy atom. The van der Waals surface area contributed by atoms with Crippen LogP contribution in [0.3, 0.4) is 0 Å². The van der Waals surface area contributed by atoms with E-state index in [1.807, 2.05) is 18.2 Å². The molecule has 1 aromatic heterocycles. The molecule has 0 saturated carbocycles. The van der Waals surface area contributed by atoms with Crippen LogP contribution in [-0.2, 0) is 22.6 Å². The number of rotatable bonds is 22. The number of hydrogen-bond acceptors (Lipinski definition) is 6. The lowest BCUT2D eigenvalue weighted by Crippen LogP contribution is -2.09. The zero-order valence-electron chi connectivity index (χ0n) is 22.3. The van der Waals surface area contributed by atoms with Crippen molar-refractivity contribution in [3.8, 4) is 0 Å². The minimum absolute atomic E-state index is 0.0321. The molecule has 0 spiro atoms. The first-order valence-corrected chi connectivity index (χ1v) is 14.8. The summed E-state index contributed by atoms with van der Waals surface area (Å²) < 4.78 is 1.57. The summed E-state index contributed by atoms with van der Waals surface area (Å²) in [5, 5.41) is 30.4. The molecule has 0 aliphatic heterocycles. The maximum atomic E-state index is 11.7. The minimum atomic E-state index is -0.873. The van der Waals surface area contributed by atoms with Crippen molar-refractivity contribution in [2.45, 2.75) is 127 Å². The maximum absolute atomic E-state index is 11.7. The van der Waals surface area contributed by atoms with Gasteiger partial charge < -0.3 is 10.2 Å². The molecule has 9 heteroatoms. The lowest BCUT2D eigenvalue weighted by Gasteiger charge is -2.18. The summed E-state index contributed by atoms with van der Waals surface area (Å²) in [6.45, 7) is 2.63. The van der Waals surface area contributed by atoms with Crippen LogP contribution in [0, 0.1) is 0 Å². The highest BCUT2D eigenvalue weighted by atomic mass is 32.2. The first-order chi connectivity index (χ1) is 18.0. The number of tetrazole rings is 1. The molecule has 0 saturated heterocycles. The topological polar surface area (TPSA) is 118 Å². The van der Waals surface area contributed by atoms with Gasteiger partial charge in [-0.3, -0.25) is 9.59 Å². The smallest absolute Gasteiger partial charge is 0.304 e. The van der Waals surface area contributed by atoms with Crippen molar-refractivity contribution in [2.24, 2.45) is 0 Å². The van der Waals surface area contributed by atoms with E-state index in [-0.39, 0.29) is 18.1 Å². The predicted octanol–water partition coefficient (Wildman–Crippen LogP) is 7.09. The average Bonchev–Trinajstić information content (AvgIpc) is 3.31. The molecule has 1 heterocycles. The number of aromatic nitrogens is 4. The molecule has 1 atom stereocenters. The molecule has 0 bridgehead atoms. The maximum Gasteiger partial charge on any atom is 0.304 e. The average molecular weight is 533 g/mol. The van der Waals surface area contributed by atoms with Crippen LogP contribution >= 0.6 is 11.8 Å². The van der Waals surface area contributed by atoms with Crippen LogP contribution < -0.4 is 0 Å². The second-order valence-corrected chi connectivity index (χ2v) is 10.9. The number of carboxylic acids is 2. The summed E-state index contributed by atoms with van der Waals surface area (Å²) in [6, 6.07) is 8.07. The van der Waals surface area contributed by atoms with Gasteiger partial charge in [0.05, 0.1) is 6.42 Å². The van der Waals surface area contributed by atoms with Gasteiger partial charge in [-0.15, -0.1) is 5.10 Å². The van der Waals surface area contributed by atoms with Gasteiger partial charge >= 0.3 is 11.9 Å². The molecule has 0 aliphatic rings. The highest BCUT2D eigenvalue weighted by Gasteiger charge is 2.23. The Labute approximate surface area is 225 Å². The van der Waals surface area contributed by atoms with Gasteiger partial charge in [0.15, 0.2) is 0 Å². The molecule has 1 unspecified atom stereocenters. The second-order valence-electron chi connectivity index (χ2n) is 9.72. The van der Waals surface area contributed by atoms with Crippen molar-refractivity contribution in [2.75, 3.05) is 0 Å². The number of benzene rings is 1. The summed E-state index contributed by atoms with van der Waals surface area (Å²) in [6.07, 6.45) is 17.0. The lowest BCUT2D eigenvalue weighted by molar-refractivity contribution is -0.138. The fourth-order valence-corrected chi connectivity index (χ4v) is 5.71. The lowest BCUT2D eigenvalue weighted by atomic mass is 9.97. The third kappa shape index (κ3) is 13.1. The second kappa shape index (κ2) is 18.8. The van der Waals surface area contributed by atoms with Gasteiger partial charge in [0.1, 0.15) is 0 Å². The summed E-state index contributed by atoms with van der Waals surface area (Å²) >= 11 is 1.34. The molecule has 2 aromatic rings. The van der Waals surface area contributed by atoms with Gasteiger partial charge in [0.25, 0.3) is 0 Å². The highest BCUT2D eigenvalue weighted by Crippen LogP contribution is 2.38. The molecule has 1 aromatic carbocycles. The Hall–Kier alpha value is -2.42. The van der Waals surface area contributed by atoms with Gasteiger partial charge in [-0.2, -0.15) is 0 Å². The van der Waals surface area contributed by atoms with Crippen molar-refractivity contribution >= 4 is 23.7 Å². The Morgan fingerprint density at radius 1 is 0.865 bits per heavy atom. The van der Waals surface area contributed by atoms with Gasteiger partial charge in [0, 0.05) is 18.2 Å².